The van der Waals surface area contributed by atoms with Crippen molar-refractivity contribution in [2.75, 3.05) is 25.6 Å². The molecular weight excluding hydrogens is 170 g/mol. The van der Waals surface area contributed by atoms with E-state index in [0.717, 1.165) is 0 Å². The summed E-state index contributed by atoms with van der Waals surface area (Å²) < 4.78 is 5.22. The van der Waals surface area contributed by atoms with Crippen LogP contribution < -0.4 is 10.1 Å². The highest BCUT2D eigenvalue weighted by Gasteiger charge is 1.96. The number of aliphatic hydroxyl groups excluding tert-OH is 1. The topological polar surface area (TPSA) is 67.3 Å². The van der Waals surface area contributed by atoms with Crippen molar-refractivity contribution in [1.29, 1.82) is 0 Å². The Kier molecular flexibility index (Phi) is 3.98. The Morgan fingerprint density at radius 3 is 3.08 bits per heavy atom. The number of hydrogen-bond acceptors (Lipinski definition) is 5. The minimum Gasteiger partial charge on any atom is -0.476 e. The fraction of sp³-hybridized carbons (Fsp3) is 0.500. The highest BCUT2D eigenvalue weighted by Crippen LogP contribution is 2.07. The number of anilines is 1. The van der Waals surface area contributed by atoms with E-state index in [0.29, 0.717) is 24.7 Å². The van der Waals surface area contributed by atoms with Crippen molar-refractivity contribution in [2.24, 2.45) is 0 Å². The zero-order chi connectivity index (χ0) is 9.52. The van der Waals surface area contributed by atoms with Crippen LogP contribution in [-0.4, -0.2) is 35.3 Å². The fourth-order valence-corrected chi connectivity index (χ4v) is 0.779. The van der Waals surface area contributed by atoms with Gasteiger partial charge in [0.05, 0.1) is 19.0 Å². The number of nitrogens with zero attached hydrogens (tertiary/aromatic N) is 2. The Hall–Kier alpha value is -1.36. The molecular formula is C8H13N3O2. The van der Waals surface area contributed by atoms with Crippen molar-refractivity contribution >= 4 is 5.82 Å². The third-order valence-corrected chi connectivity index (χ3v) is 1.42. The molecule has 0 saturated heterocycles. The van der Waals surface area contributed by atoms with Crippen LogP contribution in [-0.2, 0) is 0 Å². The molecule has 0 bridgehead atoms. The van der Waals surface area contributed by atoms with Crippen LogP contribution in [0, 0.1) is 0 Å². The first-order valence-corrected chi connectivity index (χ1v) is 4.10. The maximum atomic E-state index is 8.52. The molecule has 0 aromatic carbocycles. The Labute approximate surface area is 76.8 Å². The lowest BCUT2D eigenvalue weighted by atomic mass is 10.5. The minimum atomic E-state index is 0.124. The van der Waals surface area contributed by atoms with Crippen LogP contribution in [0.4, 0.5) is 5.82 Å². The van der Waals surface area contributed by atoms with Gasteiger partial charge in [-0.2, -0.15) is 4.98 Å². The summed E-state index contributed by atoms with van der Waals surface area (Å²) in [4.78, 5) is 8.01. The van der Waals surface area contributed by atoms with E-state index in [1.807, 2.05) is 0 Å². The van der Waals surface area contributed by atoms with Crippen LogP contribution in [0.25, 0.3) is 0 Å². The second-order valence-electron chi connectivity index (χ2n) is 2.42. The molecule has 1 aromatic rings. The van der Waals surface area contributed by atoms with Gasteiger partial charge in [0.2, 0.25) is 5.88 Å². The van der Waals surface area contributed by atoms with E-state index < -0.39 is 0 Å². The molecule has 72 valence electrons. The van der Waals surface area contributed by atoms with Crippen molar-refractivity contribution in [3.8, 4) is 5.88 Å². The Balaban J connectivity index is 2.46. The quantitative estimate of drug-likeness (QED) is 0.642. The fourth-order valence-electron chi connectivity index (χ4n) is 0.779. The first kappa shape index (κ1) is 9.73. The molecule has 0 fully saturated rings. The van der Waals surface area contributed by atoms with Crippen LogP contribution in [0.3, 0.4) is 0 Å². The average molecular weight is 183 g/mol. The van der Waals surface area contributed by atoms with Crippen molar-refractivity contribution in [1.82, 2.24) is 9.97 Å². The predicted molar refractivity (Wildman–Crippen MR) is 48.8 cm³/mol. The number of aliphatic hydroxyl groups is 1. The third-order valence-electron chi connectivity index (χ3n) is 1.42. The molecule has 0 aliphatic rings. The van der Waals surface area contributed by atoms with Crippen LogP contribution >= 0.6 is 0 Å². The molecule has 5 nitrogen and oxygen atoms in total. The van der Waals surface area contributed by atoms with Gasteiger partial charge in [-0.05, 0) is 0 Å². The summed E-state index contributed by atoms with van der Waals surface area (Å²) in [5, 5.41) is 11.4. The summed E-state index contributed by atoms with van der Waals surface area (Å²) in [5.74, 6) is 1.14. The molecule has 13 heavy (non-hydrogen) atoms. The molecule has 0 saturated carbocycles. The molecule has 5 heteroatoms. The first-order chi connectivity index (χ1) is 6.36. The van der Waals surface area contributed by atoms with E-state index in [-0.39, 0.29) is 6.61 Å². The van der Waals surface area contributed by atoms with E-state index >= 15 is 0 Å². The number of nitrogens with one attached hydrogen (secondary N) is 1. The lowest BCUT2D eigenvalue weighted by molar-refractivity contribution is 0.229. The van der Waals surface area contributed by atoms with Crippen molar-refractivity contribution in [3.05, 3.63) is 12.4 Å². The standard InChI is InChI=1S/C8H13N3O2/c1-9-7-5-10-6-8(11-7)13-4-2-3-12/h5-6,12H,2-4H2,1H3,(H,9,11). The third kappa shape index (κ3) is 3.25. The van der Waals surface area contributed by atoms with E-state index in [9.17, 15) is 0 Å². The summed E-state index contributed by atoms with van der Waals surface area (Å²) in [6.45, 7) is 0.581. The van der Waals surface area contributed by atoms with Gasteiger partial charge in [0.1, 0.15) is 5.82 Å². The maximum Gasteiger partial charge on any atom is 0.234 e. The van der Waals surface area contributed by atoms with Gasteiger partial charge in [0, 0.05) is 20.1 Å². The molecule has 0 amide bonds. The minimum absolute atomic E-state index is 0.124. The molecule has 0 spiro atoms. The highest BCUT2D eigenvalue weighted by molar-refractivity contribution is 5.31. The molecule has 1 heterocycles. The maximum absolute atomic E-state index is 8.52. The van der Waals surface area contributed by atoms with Crippen LogP contribution in [0.1, 0.15) is 6.42 Å². The number of aromatic nitrogens is 2. The zero-order valence-corrected chi connectivity index (χ0v) is 7.53. The van der Waals surface area contributed by atoms with E-state index in [2.05, 4.69) is 15.3 Å². The smallest absolute Gasteiger partial charge is 0.234 e. The van der Waals surface area contributed by atoms with Crippen molar-refractivity contribution < 1.29 is 9.84 Å². The molecule has 0 atom stereocenters. The average Bonchev–Trinajstić information content (AvgIpc) is 2.19. The molecule has 0 aliphatic heterocycles. The van der Waals surface area contributed by atoms with Gasteiger partial charge in [0.15, 0.2) is 0 Å². The molecule has 2 N–H and O–H groups in total. The highest BCUT2D eigenvalue weighted by atomic mass is 16.5. The Bertz CT molecular complexity index is 255. The van der Waals surface area contributed by atoms with Gasteiger partial charge in [-0.25, -0.2) is 0 Å². The zero-order valence-electron chi connectivity index (χ0n) is 7.53. The summed E-state index contributed by atoms with van der Waals surface area (Å²) >= 11 is 0. The predicted octanol–water partition coefficient (Wildman–Crippen LogP) is 0.279. The summed E-state index contributed by atoms with van der Waals surface area (Å²) in [6.07, 6.45) is 3.75. The van der Waals surface area contributed by atoms with Gasteiger partial charge in [-0.1, -0.05) is 0 Å². The SMILES string of the molecule is CNc1cncc(OCCCO)n1. The second kappa shape index (κ2) is 5.31. The normalized spacial score (nSPS) is 9.69. The Morgan fingerprint density at radius 2 is 2.38 bits per heavy atom. The van der Waals surface area contributed by atoms with E-state index in [4.69, 9.17) is 9.84 Å². The van der Waals surface area contributed by atoms with Crippen molar-refractivity contribution in [3.63, 3.8) is 0 Å². The lowest BCUT2D eigenvalue weighted by Gasteiger charge is -2.04. The van der Waals surface area contributed by atoms with Gasteiger partial charge in [0.25, 0.3) is 0 Å². The van der Waals surface area contributed by atoms with Gasteiger partial charge in [-0.15, -0.1) is 0 Å². The monoisotopic (exact) mass is 183 g/mol. The molecule has 1 aromatic heterocycles. The van der Waals surface area contributed by atoms with E-state index in [1.165, 1.54) is 6.20 Å². The van der Waals surface area contributed by atoms with Gasteiger partial charge in [-0.3, -0.25) is 4.98 Å². The van der Waals surface area contributed by atoms with Gasteiger partial charge < -0.3 is 15.2 Å². The number of rotatable bonds is 5. The molecule has 0 radical (unpaired) electrons. The molecule has 1 rings (SSSR count). The summed E-state index contributed by atoms with van der Waals surface area (Å²) in [5.41, 5.74) is 0. The van der Waals surface area contributed by atoms with Crippen LogP contribution in [0.2, 0.25) is 0 Å². The second-order valence-corrected chi connectivity index (χ2v) is 2.42. The lowest BCUT2D eigenvalue weighted by Crippen LogP contribution is -2.03. The van der Waals surface area contributed by atoms with Crippen molar-refractivity contribution in [2.45, 2.75) is 6.42 Å². The summed E-state index contributed by atoms with van der Waals surface area (Å²) in [6, 6.07) is 0. The number of ether oxygens (including phenoxy) is 1. The Morgan fingerprint density at radius 1 is 1.54 bits per heavy atom. The molecule has 0 unspecified atom stereocenters. The molecule has 0 aliphatic carbocycles. The van der Waals surface area contributed by atoms with Crippen LogP contribution in [0.5, 0.6) is 5.88 Å². The van der Waals surface area contributed by atoms with E-state index in [1.54, 1.807) is 13.2 Å². The first-order valence-electron chi connectivity index (χ1n) is 4.10. The van der Waals surface area contributed by atoms with Crippen LogP contribution in [0.15, 0.2) is 12.4 Å². The summed E-state index contributed by atoms with van der Waals surface area (Å²) in [7, 11) is 1.77. The number of hydrogen-bond donors (Lipinski definition) is 2. The van der Waals surface area contributed by atoms with Gasteiger partial charge >= 0.3 is 0 Å². The largest absolute Gasteiger partial charge is 0.476 e.